The van der Waals surface area contributed by atoms with Crippen molar-refractivity contribution in [2.75, 3.05) is 0 Å². The molecule has 0 saturated carbocycles. The molecule has 0 aliphatic rings. The number of azo groups is 2. The zero-order valence-electron chi connectivity index (χ0n) is 27.3. The van der Waals surface area contributed by atoms with Crippen molar-refractivity contribution in [3.05, 3.63) is 112 Å². The van der Waals surface area contributed by atoms with Gasteiger partial charge < -0.3 is 20.4 Å². The van der Waals surface area contributed by atoms with Crippen LogP contribution in [-0.2, 0) is 27.4 Å². The van der Waals surface area contributed by atoms with E-state index in [-0.39, 0.29) is 63.6 Å². The monoisotopic (exact) mass is 784 g/mol. The second-order valence-electron chi connectivity index (χ2n) is 10.3. The predicted octanol–water partition coefficient (Wildman–Crippen LogP) is 5.55. The average molecular weight is 786 g/mol. The second kappa shape index (κ2) is 16.2. The molecule has 1 radical (unpaired) electrons. The minimum Gasteiger partial charge on any atom is -0.871 e. The van der Waals surface area contributed by atoms with Crippen LogP contribution in [0.2, 0.25) is 10.0 Å². The topological polar surface area (TPSA) is 237 Å². The number of para-hydroxylation sites is 1. The number of rotatable bonds is 7. The molecule has 2 heterocycles. The molecule has 0 bridgehead atoms. The van der Waals surface area contributed by atoms with Crippen molar-refractivity contribution in [1.82, 2.24) is 19.6 Å². The predicted molar refractivity (Wildman–Crippen MR) is 178 cm³/mol. The number of nitrogens with two attached hydrogens (primary N) is 1. The Hall–Kier alpha value is -5.28. The van der Waals surface area contributed by atoms with Crippen molar-refractivity contribution >= 4 is 56.0 Å². The fourth-order valence-electron chi connectivity index (χ4n) is 4.28. The molecule has 0 saturated heterocycles. The van der Waals surface area contributed by atoms with E-state index in [1.165, 1.54) is 72.3 Å². The average Bonchev–Trinajstić information content (AvgIpc) is 3.54. The van der Waals surface area contributed by atoms with Crippen LogP contribution in [0.1, 0.15) is 12.8 Å². The first-order chi connectivity index (χ1) is 23.7. The number of hydrogen-bond acceptors (Lipinski definition) is 12. The van der Waals surface area contributed by atoms with E-state index in [1.54, 1.807) is 19.1 Å². The molecule has 6 rings (SSSR count). The molecule has 2 N–H and O–H groups in total. The third kappa shape index (κ3) is 9.10. The van der Waals surface area contributed by atoms with Gasteiger partial charge in [0.15, 0.2) is 0 Å². The van der Waals surface area contributed by atoms with Crippen LogP contribution >= 0.6 is 23.2 Å². The molecule has 0 atom stereocenters. The molecule has 6 aromatic rings. The summed E-state index contributed by atoms with van der Waals surface area (Å²) in [4.78, 5) is -0.161. The Bertz CT molecular complexity index is 2380. The van der Waals surface area contributed by atoms with Gasteiger partial charge in [0.1, 0.15) is 11.4 Å². The summed E-state index contributed by atoms with van der Waals surface area (Å²) in [6.45, 7) is 3.19. The molecule has 19 heteroatoms. The quantitative estimate of drug-likeness (QED) is 0.201. The number of sulfonamides is 1. The van der Waals surface area contributed by atoms with Gasteiger partial charge in [-0.25, -0.2) is 22.9 Å². The fourth-order valence-corrected chi connectivity index (χ4v) is 5.17. The zero-order chi connectivity index (χ0) is 36.2. The van der Waals surface area contributed by atoms with Gasteiger partial charge in [0.2, 0.25) is 10.0 Å². The third-order valence-electron chi connectivity index (χ3n) is 6.72. The Morgan fingerprint density at radius 1 is 0.647 bits per heavy atom. The Labute approximate surface area is 313 Å². The van der Waals surface area contributed by atoms with Gasteiger partial charge in [0.25, 0.3) is 0 Å². The maximum Gasteiger partial charge on any atom is 3.00 e. The van der Waals surface area contributed by atoms with Crippen molar-refractivity contribution in [1.29, 1.82) is 0 Å². The van der Waals surface area contributed by atoms with Gasteiger partial charge >= 0.3 is 18.8 Å². The van der Waals surface area contributed by atoms with Crippen molar-refractivity contribution < 1.29 is 47.6 Å². The molecule has 259 valence electrons. The SMILES string of the molecule is Cc1nn(-c2cccc(S(N)(=O)=O)c2)c([O-])c1N=Nc1cc(Cl)ccc1[O-].Cc1nn(-c2ccccc2)c([O-])c1N=Nc1cc(Cl)ccc1[O-].[Cr+3].[H+]. The number of benzene rings is 4. The Morgan fingerprint density at radius 3 is 1.57 bits per heavy atom. The molecule has 0 aliphatic carbocycles. The number of halogens is 2. The van der Waals surface area contributed by atoms with E-state index in [2.05, 4.69) is 30.7 Å². The zero-order valence-corrected chi connectivity index (χ0v) is 29.9. The summed E-state index contributed by atoms with van der Waals surface area (Å²) in [6.07, 6.45) is 0. The Morgan fingerprint density at radius 2 is 1.10 bits per heavy atom. The molecule has 15 nitrogen and oxygen atoms in total. The molecule has 0 amide bonds. The maximum atomic E-state index is 12.6. The standard InChI is InChI=1S/C16H14ClN5O4S.C16H13ClN4O2.Cr/c1-9-15(20-19-13-7-10(17)5-6-14(13)23)16(24)22(21-9)11-3-2-4-12(8-11)27(18,25)26;1-10-15(19-18-13-9-11(17)7-8-14(13)22)16(23)21(20-10)12-5-3-2-4-6-12;/h2-8,23-24H,1H3,(H2,18,25,26);2-9,22-23H,1H3;/q;;+3/p-3. The van der Waals surface area contributed by atoms with Gasteiger partial charge in [-0.2, -0.15) is 20.4 Å². The second-order valence-corrected chi connectivity index (χ2v) is 12.7. The summed E-state index contributed by atoms with van der Waals surface area (Å²) < 4.78 is 25.2. The molecule has 2 aromatic heterocycles. The van der Waals surface area contributed by atoms with Gasteiger partial charge in [-0.05, 0) is 68.4 Å². The van der Waals surface area contributed by atoms with Crippen LogP contribution in [0.25, 0.3) is 11.4 Å². The van der Waals surface area contributed by atoms with E-state index in [0.29, 0.717) is 21.4 Å². The van der Waals surface area contributed by atoms with Gasteiger partial charge in [-0.3, -0.25) is 0 Å². The molecule has 4 aromatic carbocycles. The Balaban J connectivity index is 0.000000273. The normalized spacial score (nSPS) is 11.4. The fraction of sp³-hybridized carbons (Fsp3) is 0.0625. The van der Waals surface area contributed by atoms with Crippen LogP contribution in [0.5, 0.6) is 23.3 Å². The summed E-state index contributed by atoms with van der Waals surface area (Å²) in [5.41, 5.74) is 1.56. The van der Waals surface area contributed by atoms with Crippen LogP contribution in [0.3, 0.4) is 0 Å². The Kier molecular flexibility index (Phi) is 12.2. The molecule has 51 heavy (non-hydrogen) atoms. The first-order valence-electron chi connectivity index (χ1n) is 14.2. The molecule has 0 aliphatic heterocycles. The summed E-state index contributed by atoms with van der Waals surface area (Å²) in [5.74, 6) is -1.75. The van der Waals surface area contributed by atoms with Crippen molar-refractivity contribution in [3.8, 4) is 34.6 Å². The molecule has 0 spiro atoms. The van der Waals surface area contributed by atoms with E-state index >= 15 is 0 Å². The van der Waals surface area contributed by atoms with E-state index in [4.69, 9.17) is 28.3 Å². The van der Waals surface area contributed by atoms with Gasteiger partial charge in [-0.1, -0.05) is 71.1 Å². The van der Waals surface area contributed by atoms with E-state index in [0.717, 1.165) is 4.68 Å². The minimum atomic E-state index is -3.94. The van der Waals surface area contributed by atoms with Crippen molar-refractivity contribution in [2.45, 2.75) is 18.7 Å². The van der Waals surface area contributed by atoms with E-state index < -0.39 is 27.5 Å². The largest absolute Gasteiger partial charge is 3.00 e. The summed E-state index contributed by atoms with van der Waals surface area (Å²) in [7, 11) is -3.94. The van der Waals surface area contributed by atoms with Crippen molar-refractivity contribution in [2.24, 2.45) is 25.6 Å². The van der Waals surface area contributed by atoms with Crippen LogP contribution < -0.4 is 25.6 Å². The van der Waals surface area contributed by atoms with Crippen LogP contribution in [0.4, 0.5) is 22.7 Å². The third-order valence-corrected chi connectivity index (χ3v) is 8.11. The smallest absolute Gasteiger partial charge is 0.871 e. The van der Waals surface area contributed by atoms with Crippen molar-refractivity contribution in [3.63, 3.8) is 0 Å². The van der Waals surface area contributed by atoms with Crippen LogP contribution in [0.15, 0.2) is 116 Å². The number of nitrogens with zero attached hydrogens (tertiary/aromatic N) is 8. The number of aromatic nitrogens is 4. The number of aryl methyl sites for hydroxylation is 2. The number of primary sulfonamides is 1. The van der Waals surface area contributed by atoms with E-state index in [9.17, 15) is 28.8 Å². The minimum absolute atomic E-state index is 0. The van der Waals surface area contributed by atoms with E-state index in [1.807, 2.05) is 18.2 Å². The van der Waals surface area contributed by atoms with Gasteiger partial charge in [0, 0.05) is 21.8 Å². The summed E-state index contributed by atoms with van der Waals surface area (Å²) in [5, 5.41) is 77.8. The van der Waals surface area contributed by atoms with Crippen LogP contribution in [0, 0.1) is 13.8 Å². The molecule has 0 fully saturated rings. The van der Waals surface area contributed by atoms with Gasteiger partial charge in [-0.15, -0.1) is 10.2 Å². The maximum absolute atomic E-state index is 12.6. The molecular weight excluding hydrogens is 761 g/mol. The summed E-state index contributed by atoms with van der Waals surface area (Å²) in [6, 6.07) is 22.6. The number of hydrogen-bond donors (Lipinski definition) is 1. The first kappa shape index (κ1) is 38.5. The summed E-state index contributed by atoms with van der Waals surface area (Å²) >= 11 is 11.6. The van der Waals surface area contributed by atoms with Gasteiger partial charge in [0.05, 0.1) is 39.0 Å². The van der Waals surface area contributed by atoms with Crippen LogP contribution in [-0.4, -0.2) is 28.0 Å². The molecule has 0 unspecified atom stereocenters. The molecular formula is C32H24Cl2CrN9O6S. The first-order valence-corrected chi connectivity index (χ1v) is 16.5.